The Bertz CT molecular complexity index is 895. The Kier molecular flexibility index (Phi) is 3.92. The molecule has 0 aromatic heterocycles. The van der Waals surface area contributed by atoms with Crippen molar-refractivity contribution in [3.05, 3.63) is 11.6 Å². The van der Waals surface area contributed by atoms with Gasteiger partial charge in [0.15, 0.2) is 12.2 Å². The lowest BCUT2D eigenvalue weighted by Crippen LogP contribution is -2.51. The second kappa shape index (κ2) is 5.82. The van der Waals surface area contributed by atoms with Crippen LogP contribution in [0, 0.1) is 34.0 Å². The number of hydrogen-bond acceptors (Lipinski definition) is 6. The first-order valence-corrected chi connectivity index (χ1v) is 11.6. The van der Waals surface area contributed by atoms with E-state index in [-0.39, 0.29) is 18.1 Å². The van der Waals surface area contributed by atoms with Crippen molar-refractivity contribution >= 4 is 46.3 Å². The van der Waals surface area contributed by atoms with Crippen LogP contribution >= 0.6 is 22.6 Å². The smallest absolute Gasteiger partial charge is 0.317 e. The van der Waals surface area contributed by atoms with E-state index in [1.807, 2.05) is 6.08 Å². The Morgan fingerprint density at radius 3 is 2.72 bits per heavy atom. The van der Waals surface area contributed by atoms with Crippen molar-refractivity contribution in [2.75, 3.05) is 4.43 Å². The fourth-order valence-corrected chi connectivity index (χ4v) is 8.46. The molecule has 29 heavy (non-hydrogen) atoms. The van der Waals surface area contributed by atoms with Crippen LogP contribution in [0.5, 0.6) is 0 Å². The van der Waals surface area contributed by atoms with Crippen molar-refractivity contribution in [1.29, 1.82) is 0 Å². The number of carboxylic acids is 1. The normalized spacial score (nSPS) is 49.2. The van der Waals surface area contributed by atoms with Gasteiger partial charge in [0.1, 0.15) is 11.2 Å². The Balaban J connectivity index is 1.69. The molecule has 8 heteroatoms. The number of hydrogen-bond donors (Lipinski definition) is 1. The van der Waals surface area contributed by atoms with Gasteiger partial charge in [-0.15, -0.1) is 0 Å². The van der Waals surface area contributed by atoms with E-state index in [0.29, 0.717) is 10.8 Å². The summed E-state index contributed by atoms with van der Waals surface area (Å²) in [6.07, 6.45) is 2.61. The summed E-state index contributed by atoms with van der Waals surface area (Å²) in [5.74, 6) is -3.42. The lowest BCUT2D eigenvalue weighted by atomic mass is 9.60. The third kappa shape index (κ3) is 2.14. The van der Waals surface area contributed by atoms with Gasteiger partial charge in [0, 0.05) is 29.1 Å². The molecule has 0 aromatic rings. The Morgan fingerprint density at radius 2 is 2.10 bits per heavy atom. The summed E-state index contributed by atoms with van der Waals surface area (Å²) in [5.41, 5.74) is -1.45. The number of allylic oxidation sites excluding steroid dienone is 1. The van der Waals surface area contributed by atoms with Gasteiger partial charge in [-0.2, -0.15) is 0 Å². The van der Waals surface area contributed by atoms with E-state index in [1.165, 1.54) is 6.92 Å². The highest BCUT2D eigenvalue weighted by Crippen LogP contribution is 2.74. The Labute approximate surface area is 181 Å². The number of Topliss-reactive ketones (excluding diaryl/α,β-unsaturated/α-hetero) is 1. The molecule has 156 valence electrons. The van der Waals surface area contributed by atoms with Crippen LogP contribution < -0.4 is 0 Å². The standard InChI is InChI=1S/C21H23IO7/c1-9(23)28-16-12-5-10-11-3-4-20(8-22)7-21(11,6-13(20)24)15(17(25)26)14(10)19(16,2)18(27)29-12/h5,11-12,14-16H,3-4,6-8H2,1-2H3,(H,25,26). The van der Waals surface area contributed by atoms with Crippen LogP contribution in [0.25, 0.3) is 0 Å². The summed E-state index contributed by atoms with van der Waals surface area (Å²) in [5, 5.41) is 10.3. The molecular weight excluding hydrogens is 491 g/mol. The van der Waals surface area contributed by atoms with Gasteiger partial charge in [0.25, 0.3) is 0 Å². The number of carbonyl (C=O) groups is 4. The number of rotatable bonds is 3. The quantitative estimate of drug-likeness (QED) is 0.267. The monoisotopic (exact) mass is 514 g/mol. The molecule has 1 N–H and O–H groups in total. The molecule has 0 amide bonds. The number of ether oxygens (including phenoxy) is 2. The van der Waals surface area contributed by atoms with Gasteiger partial charge < -0.3 is 14.6 Å². The van der Waals surface area contributed by atoms with Gasteiger partial charge >= 0.3 is 17.9 Å². The van der Waals surface area contributed by atoms with Gasteiger partial charge in [0.2, 0.25) is 0 Å². The van der Waals surface area contributed by atoms with Crippen LogP contribution in [0.15, 0.2) is 11.6 Å². The number of ketones is 1. The maximum atomic E-state index is 13.1. The highest BCUT2D eigenvalue weighted by molar-refractivity contribution is 14.1. The van der Waals surface area contributed by atoms with E-state index in [9.17, 15) is 24.3 Å². The minimum Gasteiger partial charge on any atom is -0.481 e. The Hall–Kier alpha value is -1.45. The third-order valence-electron chi connectivity index (χ3n) is 8.46. The first-order valence-electron chi connectivity index (χ1n) is 10.0. The fraction of sp³-hybridized carbons (Fsp3) is 0.714. The number of aliphatic carboxylic acids is 1. The summed E-state index contributed by atoms with van der Waals surface area (Å²) in [6, 6.07) is 0. The van der Waals surface area contributed by atoms with E-state index >= 15 is 0 Å². The molecular formula is C21H23IO7. The van der Waals surface area contributed by atoms with Crippen molar-refractivity contribution in [2.45, 2.75) is 51.7 Å². The topological polar surface area (TPSA) is 107 Å². The molecule has 4 bridgehead atoms. The minimum atomic E-state index is -1.26. The van der Waals surface area contributed by atoms with E-state index in [1.54, 1.807) is 6.92 Å². The van der Waals surface area contributed by atoms with Crippen molar-refractivity contribution in [3.8, 4) is 0 Å². The van der Waals surface area contributed by atoms with Gasteiger partial charge in [-0.05, 0) is 43.6 Å². The van der Waals surface area contributed by atoms with Crippen molar-refractivity contribution in [3.63, 3.8) is 0 Å². The number of alkyl halides is 1. The molecule has 1 saturated heterocycles. The molecule has 0 aromatic carbocycles. The first-order chi connectivity index (χ1) is 13.6. The molecule has 5 aliphatic rings. The molecule has 8 unspecified atom stereocenters. The summed E-state index contributed by atoms with van der Waals surface area (Å²) >= 11 is 2.24. The molecule has 3 saturated carbocycles. The number of fused-ring (bicyclic) bond motifs is 6. The predicted octanol–water partition coefficient (Wildman–Crippen LogP) is 2.30. The highest BCUT2D eigenvalue weighted by Gasteiger charge is 2.77. The van der Waals surface area contributed by atoms with E-state index in [4.69, 9.17) is 9.47 Å². The maximum absolute atomic E-state index is 13.1. The second-order valence-electron chi connectivity index (χ2n) is 9.66. The molecule has 1 aliphatic heterocycles. The fourth-order valence-electron chi connectivity index (χ4n) is 7.38. The summed E-state index contributed by atoms with van der Waals surface area (Å²) in [4.78, 5) is 50.4. The molecule has 4 fully saturated rings. The van der Waals surface area contributed by atoms with Crippen LogP contribution in [0.3, 0.4) is 0 Å². The van der Waals surface area contributed by atoms with Crippen LogP contribution in [0.2, 0.25) is 0 Å². The summed E-state index contributed by atoms with van der Waals surface area (Å²) in [6.45, 7) is 2.95. The largest absolute Gasteiger partial charge is 0.481 e. The molecule has 1 spiro atoms. The zero-order valence-corrected chi connectivity index (χ0v) is 18.4. The van der Waals surface area contributed by atoms with Crippen LogP contribution in [0.4, 0.5) is 0 Å². The zero-order chi connectivity index (χ0) is 20.9. The molecule has 1 heterocycles. The molecule has 4 aliphatic carbocycles. The minimum absolute atomic E-state index is 0.0503. The van der Waals surface area contributed by atoms with E-state index in [0.717, 1.165) is 18.4 Å². The molecule has 7 nitrogen and oxygen atoms in total. The molecule has 0 radical (unpaired) electrons. The SMILES string of the molecule is CC(=O)OC1C2C=C3C4CCC5(CI)CC4(CC5=O)C(C(=O)O)C3C1(C)C(=O)O2. The zero-order valence-electron chi connectivity index (χ0n) is 16.3. The van der Waals surface area contributed by atoms with Crippen molar-refractivity contribution < 1.29 is 33.8 Å². The van der Waals surface area contributed by atoms with E-state index in [2.05, 4.69) is 22.6 Å². The van der Waals surface area contributed by atoms with Crippen LogP contribution in [0.1, 0.15) is 39.5 Å². The van der Waals surface area contributed by atoms with E-state index < -0.39 is 58.2 Å². The van der Waals surface area contributed by atoms with Crippen LogP contribution in [-0.2, 0) is 28.7 Å². The lowest BCUT2D eigenvalue weighted by molar-refractivity contribution is -0.162. The third-order valence-corrected chi connectivity index (χ3v) is 9.92. The van der Waals surface area contributed by atoms with Crippen LogP contribution in [-0.4, -0.2) is 45.4 Å². The van der Waals surface area contributed by atoms with Crippen molar-refractivity contribution in [2.24, 2.45) is 34.0 Å². The number of halogens is 1. The lowest BCUT2D eigenvalue weighted by Gasteiger charge is -2.42. The van der Waals surface area contributed by atoms with Gasteiger partial charge in [-0.3, -0.25) is 19.2 Å². The Morgan fingerprint density at radius 1 is 1.38 bits per heavy atom. The number of carboxylic acid groups (broad SMARTS) is 1. The molecule has 8 atom stereocenters. The first kappa shape index (κ1) is 19.5. The molecule has 5 rings (SSSR count). The highest BCUT2D eigenvalue weighted by atomic mass is 127. The second-order valence-corrected chi connectivity index (χ2v) is 10.4. The summed E-state index contributed by atoms with van der Waals surface area (Å²) in [7, 11) is 0. The number of esters is 2. The number of carbonyl (C=O) groups excluding carboxylic acids is 3. The van der Waals surface area contributed by atoms with Gasteiger partial charge in [0.05, 0.1) is 5.92 Å². The van der Waals surface area contributed by atoms with Crippen molar-refractivity contribution in [1.82, 2.24) is 0 Å². The average molecular weight is 514 g/mol. The predicted molar refractivity (Wildman–Crippen MR) is 107 cm³/mol. The average Bonchev–Trinajstić information content (AvgIpc) is 3.11. The maximum Gasteiger partial charge on any atom is 0.317 e. The van der Waals surface area contributed by atoms with Gasteiger partial charge in [-0.25, -0.2) is 0 Å². The van der Waals surface area contributed by atoms with Gasteiger partial charge in [-0.1, -0.05) is 28.2 Å². The summed E-state index contributed by atoms with van der Waals surface area (Å²) < 4.78 is 11.7.